The van der Waals surface area contributed by atoms with Gasteiger partial charge in [-0.3, -0.25) is 4.79 Å². The van der Waals surface area contributed by atoms with E-state index in [1.165, 1.54) is 0 Å². The Hall–Kier alpha value is -2.59. The van der Waals surface area contributed by atoms with Crippen LogP contribution >= 0.6 is 11.6 Å². The van der Waals surface area contributed by atoms with Gasteiger partial charge in [-0.1, -0.05) is 41.9 Å². The minimum Gasteiger partial charge on any atom is -0.481 e. The molecule has 3 aromatic rings. The van der Waals surface area contributed by atoms with E-state index in [-0.39, 0.29) is 11.4 Å². The lowest BCUT2D eigenvalue weighted by Crippen LogP contribution is -2.24. The number of halogens is 1. The Kier molecular flexibility index (Phi) is 4.75. The van der Waals surface area contributed by atoms with Gasteiger partial charge < -0.3 is 9.15 Å². The predicted octanol–water partition coefficient (Wildman–Crippen LogP) is 4.98. The first-order valence-electron chi connectivity index (χ1n) is 9.08. The first-order chi connectivity index (χ1) is 13.0. The van der Waals surface area contributed by atoms with E-state index in [0.717, 1.165) is 42.2 Å². The molecule has 0 N–H and O–H groups in total. The van der Waals surface area contributed by atoms with Gasteiger partial charge in [0.1, 0.15) is 11.3 Å². The monoisotopic (exact) mass is 382 g/mol. The number of Topliss-reactive ketones (excluding diaryl/α,β-unsaturated/α-hetero) is 1. The van der Waals surface area contributed by atoms with Crippen molar-refractivity contribution < 1.29 is 13.9 Å². The summed E-state index contributed by atoms with van der Waals surface area (Å²) in [5.41, 5.74) is 2.50. The highest BCUT2D eigenvalue weighted by Crippen LogP contribution is 2.34. The van der Waals surface area contributed by atoms with Gasteiger partial charge in [0.15, 0.2) is 6.10 Å². The first-order valence-corrected chi connectivity index (χ1v) is 9.46. The lowest BCUT2D eigenvalue weighted by Gasteiger charge is -2.18. The molecule has 1 aliphatic carbocycles. The Morgan fingerprint density at radius 1 is 1.11 bits per heavy atom. The van der Waals surface area contributed by atoms with E-state index < -0.39 is 6.10 Å². The normalized spacial score (nSPS) is 14.6. The summed E-state index contributed by atoms with van der Waals surface area (Å²) in [5, 5.41) is 1.25. The third-order valence-electron chi connectivity index (χ3n) is 5.01. The van der Waals surface area contributed by atoms with Crippen molar-refractivity contribution >= 4 is 28.4 Å². The fourth-order valence-electron chi connectivity index (χ4n) is 3.62. The van der Waals surface area contributed by atoms with Crippen molar-refractivity contribution in [3.05, 3.63) is 74.6 Å². The van der Waals surface area contributed by atoms with Crippen LogP contribution in [0.1, 0.15) is 41.3 Å². The van der Waals surface area contributed by atoms with Gasteiger partial charge in [-0.15, -0.1) is 0 Å². The van der Waals surface area contributed by atoms with Crippen molar-refractivity contribution in [1.82, 2.24) is 0 Å². The number of ether oxygens (including phenoxy) is 1. The summed E-state index contributed by atoms with van der Waals surface area (Å²) < 4.78 is 11.3. The molecule has 0 spiro atoms. The summed E-state index contributed by atoms with van der Waals surface area (Å²) >= 11 is 6.42. The molecule has 0 saturated carbocycles. The summed E-state index contributed by atoms with van der Waals surface area (Å²) in [6, 6.07) is 12.3. The molecule has 27 heavy (non-hydrogen) atoms. The van der Waals surface area contributed by atoms with Crippen LogP contribution in [-0.2, 0) is 12.8 Å². The molecule has 4 rings (SSSR count). The highest BCUT2D eigenvalue weighted by Gasteiger charge is 2.22. The van der Waals surface area contributed by atoms with Crippen molar-refractivity contribution in [3.8, 4) is 5.75 Å². The minimum atomic E-state index is -0.716. The second kappa shape index (κ2) is 7.20. The fourth-order valence-corrected chi connectivity index (χ4v) is 3.82. The smallest absolute Gasteiger partial charge is 0.339 e. The number of hydrogen-bond donors (Lipinski definition) is 0. The third kappa shape index (κ3) is 3.37. The Morgan fingerprint density at radius 3 is 2.56 bits per heavy atom. The van der Waals surface area contributed by atoms with Crippen LogP contribution in [0.2, 0.25) is 5.02 Å². The Balaban J connectivity index is 1.69. The van der Waals surface area contributed by atoms with Crippen molar-refractivity contribution in [2.24, 2.45) is 0 Å². The SMILES string of the molecule is C[C@H](Oc1cc2oc(=O)c3c(c2cc1Cl)CCCC3)C(=O)c1ccccc1. The molecule has 0 unspecified atom stereocenters. The van der Waals surface area contributed by atoms with E-state index in [4.69, 9.17) is 20.8 Å². The number of ketones is 1. The van der Waals surface area contributed by atoms with Crippen LogP contribution in [0.25, 0.3) is 11.0 Å². The number of carbonyl (C=O) groups excluding carboxylic acids is 1. The third-order valence-corrected chi connectivity index (χ3v) is 5.30. The Labute approximate surface area is 161 Å². The van der Waals surface area contributed by atoms with Crippen molar-refractivity contribution in [2.75, 3.05) is 0 Å². The number of rotatable bonds is 4. The highest BCUT2D eigenvalue weighted by molar-refractivity contribution is 6.32. The molecule has 138 valence electrons. The van der Waals surface area contributed by atoms with Gasteiger partial charge in [-0.05, 0) is 44.2 Å². The molecule has 1 atom stereocenters. The van der Waals surface area contributed by atoms with Gasteiger partial charge in [0, 0.05) is 22.6 Å². The van der Waals surface area contributed by atoms with Gasteiger partial charge in [0.25, 0.3) is 0 Å². The molecular formula is C22H19ClO4. The maximum absolute atomic E-state index is 12.5. The summed E-state index contributed by atoms with van der Waals surface area (Å²) in [4.78, 5) is 24.8. The number of carbonyl (C=O) groups is 1. The molecule has 0 saturated heterocycles. The largest absolute Gasteiger partial charge is 0.481 e. The van der Waals surface area contributed by atoms with Gasteiger partial charge in [-0.2, -0.15) is 0 Å². The molecule has 4 nitrogen and oxygen atoms in total. The average molecular weight is 383 g/mol. The number of fused-ring (bicyclic) bond motifs is 3. The highest BCUT2D eigenvalue weighted by atomic mass is 35.5. The summed E-state index contributed by atoms with van der Waals surface area (Å²) in [6.45, 7) is 1.68. The molecule has 1 aliphatic rings. The molecule has 0 radical (unpaired) electrons. The molecule has 5 heteroatoms. The van der Waals surface area contributed by atoms with E-state index >= 15 is 0 Å². The van der Waals surface area contributed by atoms with E-state index in [1.807, 2.05) is 6.07 Å². The van der Waals surface area contributed by atoms with Gasteiger partial charge in [0.2, 0.25) is 5.78 Å². The number of hydrogen-bond acceptors (Lipinski definition) is 4. The topological polar surface area (TPSA) is 56.5 Å². The zero-order valence-electron chi connectivity index (χ0n) is 15.0. The van der Waals surface area contributed by atoms with E-state index in [2.05, 4.69) is 0 Å². The molecule has 0 amide bonds. The van der Waals surface area contributed by atoms with E-state index in [0.29, 0.717) is 21.9 Å². The Morgan fingerprint density at radius 2 is 1.81 bits per heavy atom. The average Bonchev–Trinajstić information content (AvgIpc) is 2.69. The van der Waals surface area contributed by atoms with Crippen LogP contribution in [0.15, 0.2) is 51.7 Å². The standard InChI is InChI=1S/C22H19ClO4/c1-13(21(24)14-7-3-2-4-8-14)26-20-12-19-17(11-18(20)23)15-9-5-6-10-16(15)22(25)27-19/h2-4,7-8,11-13H,5-6,9-10H2,1H3/t13-/m0/s1. The van der Waals surface area contributed by atoms with Crippen LogP contribution in [0.5, 0.6) is 5.75 Å². The van der Waals surface area contributed by atoms with Crippen LogP contribution in [-0.4, -0.2) is 11.9 Å². The van der Waals surface area contributed by atoms with Gasteiger partial charge >= 0.3 is 5.63 Å². The lowest BCUT2D eigenvalue weighted by atomic mass is 9.90. The molecular weight excluding hydrogens is 364 g/mol. The molecule has 1 heterocycles. The first kappa shape index (κ1) is 17.8. The molecule has 0 bridgehead atoms. The molecule has 2 aromatic carbocycles. The van der Waals surface area contributed by atoms with Crippen LogP contribution in [0.4, 0.5) is 0 Å². The fraction of sp³-hybridized carbons (Fsp3) is 0.273. The Bertz CT molecular complexity index is 1070. The lowest BCUT2D eigenvalue weighted by molar-refractivity contribution is 0.0818. The maximum atomic E-state index is 12.5. The van der Waals surface area contributed by atoms with Gasteiger partial charge in [-0.25, -0.2) is 4.79 Å². The van der Waals surface area contributed by atoms with Crippen molar-refractivity contribution in [3.63, 3.8) is 0 Å². The molecule has 0 aliphatic heterocycles. The summed E-state index contributed by atoms with van der Waals surface area (Å²) in [5.74, 6) is 0.193. The van der Waals surface area contributed by atoms with Crippen LogP contribution in [0, 0.1) is 0 Å². The quantitative estimate of drug-likeness (QED) is 0.472. The van der Waals surface area contributed by atoms with E-state index in [1.54, 1.807) is 43.3 Å². The zero-order valence-corrected chi connectivity index (χ0v) is 15.7. The predicted molar refractivity (Wildman–Crippen MR) is 105 cm³/mol. The molecule has 1 aromatic heterocycles. The van der Waals surface area contributed by atoms with E-state index in [9.17, 15) is 9.59 Å². The number of benzene rings is 2. The number of aryl methyl sites for hydroxylation is 1. The van der Waals surface area contributed by atoms with Crippen LogP contribution in [0.3, 0.4) is 0 Å². The maximum Gasteiger partial charge on any atom is 0.339 e. The second-order valence-electron chi connectivity index (χ2n) is 6.82. The summed E-state index contributed by atoms with van der Waals surface area (Å²) in [6.07, 6.45) is 2.91. The second-order valence-corrected chi connectivity index (χ2v) is 7.23. The zero-order chi connectivity index (χ0) is 19.0. The summed E-state index contributed by atoms with van der Waals surface area (Å²) in [7, 11) is 0. The minimum absolute atomic E-state index is 0.140. The van der Waals surface area contributed by atoms with Crippen LogP contribution < -0.4 is 10.4 Å². The molecule has 0 fully saturated rings. The van der Waals surface area contributed by atoms with Crippen molar-refractivity contribution in [2.45, 2.75) is 38.7 Å². The van der Waals surface area contributed by atoms with Crippen molar-refractivity contribution in [1.29, 1.82) is 0 Å². The van der Waals surface area contributed by atoms with Gasteiger partial charge in [0.05, 0.1) is 5.02 Å².